The van der Waals surface area contributed by atoms with Gasteiger partial charge in [-0.1, -0.05) is 29.8 Å². The Kier molecular flexibility index (Phi) is 3.69. The minimum atomic E-state index is -3.93. The highest BCUT2D eigenvalue weighted by Gasteiger charge is 2.17. The lowest BCUT2D eigenvalue weighted by Gasteiger charge is -2.03. The van der Waals surface area contributed by atoms with Crippen LogP contribution in [0.4, 0.5) is 0 Å². The van der Waals surface area contributed by atoms with Crippen LogP contribution in [-0.2, 0) is 10.0 Å². The van der Waals surface area contributed by atoms with E-state index in [1.807, 2.05) is 30.3 Å². The number of benzene rings is 2. The van der Waals surface area contributed by atoms with Crippen LogP contribution in [0.3, 0.4) is 0 Å². The van der Waals surface area contributed by atoms with Crippen LogP contribution in [0, 0.1) is 0 Å². The highest BCUT2D eigenvalue weighted by molar-refractivity contribution is 7.89. The number of halogens is 1. The molecule has 0 aliphatic heterocycles. The van der Waals surface area contributed by atoms with E-state index in [-0.39, 0.29) is 15.8 Å². The minimum absolute atomic E-state index is 0.0362. The van der Waals surface area contributed by atoms with E-state index in [1.165, 1.54) is 12.1 Å². The highest BCUT2D eigenvalue weighted by Crippen LogP contribution is 2.28. The zero-order chi connectivity index (χ0) is 15.7. The molecule has 0 atom stereocenters. The van der Waals surface area contributed by atoms with E-state index in [9.17, 15) is 8.42 Å². The van der Waals surface area contributed by atoms with Crippen molar-refractivity contribution in [2.75, 3.05) is 0 Å². The van der Waals surface area contributed by atoms with Crippen molar-refractivity contribution in [3.63, 3.8) is 0 Å². The van der Waals surface area contributed by atoms with Gasteiger partial charge in [0.05, 0.1) is 5.02 Å². The maximum atomic E-state index is 11.5. The lowest BCUT2D eigenvalue weighted by molar-refractivity contribution is 0.584. The molecular weight excluding hydrogens is 326 g/mol. The molecule has 3 aromatic rings. The lowest BCUT2D eigenvalue weighted by atomic mass is 10.2. The Labute approximate surface area is 131 Å². The number of nitrogens with zero attached hydrogens (tertiary/aromatic N) is 2. The van der Waals surface area contributed by atoms with Crippen molar-refractivity contribution in [1.29, 1.82) is 0 Å². The molecule has 0 radical (unpaired) electrons. The molecule has 0 amide bonds. The summed E-state index contributed by atoms with van der Waals surface area (Å²) in [6.07, 6.45) is 0. The van der Waals surface area contributed by atoms with Gasteiger partial charge in [-0.3, -0.25) is 0 Å². The zero-order valence-electron chi connectivity index (χ0n) is 11.1. The van der Waals surface area contributed by atoms with Gasteiger partial charge in [0.2, 0.25) is 21.8 Å². The molecule has 112 valence electrons. The minimum Gasteiger partial charge on any atom is -0.416 e. The fraction of sp³-hybridized carbons (Fsp3) is 0. The second-order valence-electron chi connectivity index (χ2n) is 4.47. The molecule has 0 bridgehead atoms. The number of nitrogens with two attached hydrogens (primary N) is 1. The Hall–Kier alpha value is -2.22. The number of hydrogen-bond acceptors (Lipinski definition) is 5. The van der Waals surface area contributed by atoms with Gasteiger partial charge in [0, 0.05) is 11.1 Å². The molecule has 2 aromatic carbocycles. The lowest BCUT2D eigenvalue weighted by Crippen LogP contribution is -2.12. The first-order valence-corrected chi connectivity index (χ1v) is 8.09. The molecule has 1 aromatic heterocycles. The number of primary sulfonamides is 1. The standard InChI is InChI=1S/C14H10ClN3O3S/c15-11-7-6-10(8-12(11)22(16,19)20)14-18-17-13(21-14)9-4-2-1-3-5-9/h1-8H,(H2,16,19,20). The van der Waals surface area contributed by atoms with E-state index >= 15 is 0 Å². The maximum Gasteiger partial charge on any atom is 0.248 e. The Bertz CT molecular complexity index is 924. The predicted molar refractivity (Wildman–Crippen MR) is 81.6 cm³/mol. The third kappa shape index (κ3) is 2.87. The molecular formula is C14H10ClN3O3S. The molecule has 2 N–H and O–H groups in total. The van der Waals surface area contributed by atoms with E-state index in [0.29, 0.717) is 11.5 Å². The molecule has 1 heterocycles. The molecule has 0 fully saturated rings. The van der Waals surface area contributed by atoms with Crippen LogP contribution in [0.25, 0.3) is 22.9 Å². The molecule has 0 saturated heterocycles. The second-order valence-corrected chi connectivity index (χ2v) is 6.41. The van der Waals surface area contributed by atoms with E-state index in [2.05, 4.69) is 10.2 Å². The van der Waals surface area contributed by atoms with E-state index in [0.717, 1.165) is 5.56 Å². The summed E-state index contributed by atoms with van der Waals surface area (Å²) < 4.78 is 28.5. The summed E-state index contributed by atoms with van der Waals surface area (Å²) in [7, 11) is -3.93. The Morgan fingerprint density at radius 2 is 1.59 bits per heavy atom. The van der Waals surface area contributed by atoms with Crippen molar-refractivity contribution >= 4 is 21.6 Å². The number of aromatic nitrogens is 2. The van der Waals surface area contributed by atoms with Gasteiger partial charge >= 0.3 is 0 Å². The molecule has 0 spiro atoms. The quantitative estimate of drug-likeness (QED) is 0.793. The summed E-state index contributed by atoms with van der Waals surface area (Å²) in [5.74, 6) is 0.517. The second kappa shape index (κ2) is 5.53. The monoisotopic (exact) mass is 335 g/mol. The van der Waals surface area contributed by atoms with Crippen molar-refractivity contribution in [3.05, 3.63) is 53.6 Å². The van der Waals surface area contributed by atoms with Gasteiger partial charge in [-0.25, -0.2) is 13.6 Å². The smallest absolute Gasteiger partial charge is 0.248 e. The van der Waals surface area contributed by atoms with E-state index in [4.69, 9.17) is 21.2 Å². The number of rotatable bonds is 3. The maximum absolute atomic E-state index is 11.5. The van der Waals surface area contributed by atoms with Gasteiger partial charge < -0.3 is 4.42 Å². The molecule has 0 unspecified atom stereocenters. The summed E-state index contributed by atoms with van der Waals surface area (Å²) in [5.41, 5.74) is 1.19. The molecule has 22 heavy (non-hydrogen) atoms. The highest BCUT2D eigenvalue weighted by atomic mass is 35.5. The summed E-state index contributed by atoms with van der Waals surface area (Å²) in [5, 5.41) is 13.0. The first kappa shape index (κ1) is 14.7. The molecule has 8 heteroatoms. The van der Waals surface area contributed by atoms with Crippen molar-refractivity contribution < 1.29 is 12.8 Å². The Morgan fingerprint density at radius 3 is 2.23 bits per heavy atom. The van der Waals surface area contributed by atoms with Crippen molar-refractivity contribution in [2.45, 2.75) is 4.90 Å². The molecule has 6 nitrogen and oxygen atoms in total. The van der Waals surface area contributed by atoms with Gasteiger partial charge in [-0.15, -0.1) is 10.2 Å². The van der Waals surface area contributed by atoms with Crippen molar-refractivity contribution in [2.24, 2.45) is 5.14 Å². The zero-order valence-corrected chi connectivity index (χ0v) is 12.7. The van der Waals surface area contributed by atoms with Crippen molar-refractivity contribution in [3.8, 4) is 22.9 Å². The van der Waals surface area contributed by atoms with Crippen LogP contribution in [-0.4, -0.2) is 18.6 Å². The first-order valence-electron chi connectivity index (χ1n) is 6.17. The van der Waals surface area contributed by atoms with Gasteiger partial charge in [0.1, 0.15) is 4.90 Å². The normalized spacial score (nSPS) is 11.5. The number of sulfonamides is 1. The summed E-state index contributed by atoms with van der Waals surface area (Å²) in [4.78, 5) is -0.189. The molecule has 0 aliphatic carbocycles. The van der Waals surface area contributed by atoms with Crippen LogP contribution in [0.5, 0.6) is 0 Å². The molecule has 0 saturated carbocycles. The average Bonchev–Trinajstić information content (AvgIpc) is 2.97. The number of hydrogen-bond donors (Lipinski definition) is 1. The van der Waals surface area contributed by atoms with Crippen LogP contribution >= 0.6 is 11.6 Å². The predicted octanol–water partition coefficient (Wildman–Crippen LogP) is 2.70. The first-order chi connectivity index (χ1) is 10.4. The third-order valence-electron chi connectivity index (χ3n) is 2.93. The Morgan fingerprint density at radius 1 is 0.955 bits per heavy atom. The van der Waals surface area contributed by atoms with Crippen LogP contribution in [0.15, 0.2) is 57.8 Å². The largest absolute Gasteiger partial charge is 0.416 e. The van der Waals surface area contributed by atoms with E-state index < -0.39 is 10.0 Å². The van der Waals surface area contributed by atoms with Gasteiger partial charge in [-0.05, 0) is 30.3 Å². The van der Waals surface area contributed by atoms with Crippen LogP contribution < -0.4 is 5.14 Å². The van der Waals surface area contributed by atoms with E-state index in [1.54, 1.807) is 6.07 Å². The third-order valence-corrected chi connectivity index (χ3v) is 4.32. The summed E-state index contributed by atoms with van der Waals surface area (Å²) in [6.45, 7) is 0. The molecule has 0 aliphatic rings. The van der Waals surface area contributed by atoms with Gasteiger partial charge in [0.15, 0.2) is 0 Å². The van der Waals surface area contributed by atoms with Crippen molar-refractivity contribution in [1.82, 2.24) is 10.2 Å². The fourth-order valence-corrected chi connectivity index (χ4v) is 2.96. The SMILES string of the molecule is NS(=O)(=O)c1cc(-c2nnc(-c3ccccc3)o2)ccc1Cl. The summed E-state index contributed by atoms with van der Waals surface area (Å²) in [6, 6.07) is 13.5. The van der Waals surface area contributed by atoms with Crippen LogP contribution in [0.2, 0.25) is 5.02 Å². The van der Waals surface area contributed by atoms with Gasteiger partial charge in [0.25, 0.3) is 0 Å². The fourth-order valence-electron chi connectivity index (χ4n) is 1.89. The summed E-state index contributed by atoms with van der Waals surface area (Å²) >= 11 is 5.84. The van der Waals surface area contributed by atoms with Gasteiger partial charge in [-0.2, -0.15) is 0 Å². The average molecular weight is 336 g/mol. The molecule has 3 rings (SSSR count). The topological polar surface area (TPSA) is 99.1 Å². The Balaban J connectivity index is 2.05. The van der Waals surface area contributed by atoms with Crippen LogP contribution in [0.1, 0.15) is 0 Å².